The predicted octanol–water partition coefficient (Wildman–Crippen LogP) is 4.34. The van der Waals surface area contributed by atoms with Gasteiger partial charge in [0.05, 0.1) is 0 Å². The van der Waals surface area contributed by atoms with Crippen molar-refractivity contribution in [1.29, 1.82) is 0 Å². The lowest BCUT2D eigenvalue weighted by Gasteiger charge is -2.20. The monoisotopic (exact) mass is 225 g/mol. The van der Waals surface area contributed by atoms with E-state index in [4.69, 9.17) is 0 Å². The molecule has 0 radical (unpaired) electrons. The molecule has 1 aromatic carbocycles. The maximum Gasteiger partial charge on any atom is 0.0346 e. The Balaban J connectivity index is 2.41. The molecule has 1 nitrogen and oxygen atoms in total. The van der Waals surface area contributed by atoms with E-state index < -0.39 is 0 Å². The lowest BCUT2D eigenvalue weighted by Crippen LogP contribution is -2.09. The standard InChI is InChI=1S/C16H19N/c1-16(2,3)11-13-7-4-5-9-15(13)14-8-6-10-17-12-14/h4-10,12H,11H2,1-3H3. The molecule has 1 aromatic heterocycles. The number of pyridine rings is 1. The second-order valence-electron chi connectivity index (χ2n) is 5.64. The number of hydrogen-bond acceptors (Lipinski definition) is 1. The molecule has 0 saturated carbocycles. The highest BCUT2D eigenvalue weighted by molar-refractivity contribution is 5.66. The van der Waals surface area contributed by atoms with Gasteiger partial charge in [-0.15, -0.1) is 0 Å². The molecule has 0 aliphatic heterocycles. The summed E-state index contributed by atoms with van der Waals surface area (Å²) >= 11 is 0. The summed E-state index contributed by atoms with van der Waals surface area (Å²) in [5.41, 5.74) is 4.20. The molecular formula is C16H19N. The van der Waals surface area contributed by atoms with Crippen LogP contribution in [0.4, 0.5) is 0 Å². The van der Waals surface area contributed by atoms with Crippen molar-refractivity contribution in [3.63, 3.8) is 0 Å². The zero-order valence-corrected chi connectivity index (χ0v) is 10.8. The van der Waals surface area contributed by atoms with Gasteiger partial charge in [0.2, 0.25) is 0 Å². The van der Waals surface area contributed by atoms with Crippen LogP contribution in [0, 0.1) is 5.41 Å². The molecule has 0 aliphatic rings. The maximum absolute atomic E-state index is 4.20. The van der Waals surface area contributed by atoms with E-state index in [0.29, 0.717) is 5.41 Å². The number of aromatic nitrogens is 1. The summed E-state index contributed by atoms with van der Waals surface area (Å²) in [5, 5.41) is 0. The average Bonchev–Trinajstić information content (AvgIpc) is 2.29. The fourth-order valence-corrected chi connectivity index (χ4v) is 2.05. The molecular weight excluding hydrogens is 206 g/mol. The summed E-state index contributed by atoms with van der Waals surface area (Å²) in [5.74, 6) is 0. The fourth-order valence-electron chi connectivity index (χ4n) is 2.05. The first-order chi connectivity index (χ1) is 8.06. The predicted molar refractivity (Wildman–Crippen MR) is 72.8 cm³/mol. The summed E-state index contributed by atoms with van der Waals surface area (Å²) in [6, 6.07) is 12.7. The quantitative estimate of drug-likeness (QED) is 0.741. The van der Waals surface area contributed by atoms with Crippen molar-refractivity contribution in [3.05, 3.63) is 54.4 Å². The van der Waals surface area contributed by atoms with E-state index in [1.165, 1.54) is 16.7 Å². The largest absolute Gasteiger partial charge is 0.264 e. The molecule has 1 heterocycles. The summed E-state index contributed by atoms with van der Waals surface area (Å²) in [6.45, 7) is 6.81. The Labute approximate surface area is 104 Å². The molecule has 0 fully saturated rings. The molecule has 0 atom stereocenters. The van der Waals surface area contributed by atoms with Crippen LogP contribution in [0.2, 0.25) is 0 Å². The summed E-state index contributed by atoms with van der Waals surface area (Å²) in [4.78, 5) is 4.20. The Kier molecular flexibility index (Phi) is 3.28. The van der Waals surface area contributed by atoms with Crippen LogP contribution in [-0.2, 0) is 6.42 Å². The molecule has 0 saturated heterocycles. The van der Waals surface area contributed by atoms with Crippen molar-refractivity contribution in [1.82, 2.24) is 4.98 Å². The van der Waals surface area contributed by atoms with Crippen molar-refractivity contribution < 1.29 is 0 Å². The van der Waals surface area contributed by atoms with Crippen LogP contribution in [0.3, 0.4) is 0 Å². The number of rotatable bonds is 2. The smallest absolute Gasteiger partial charge is 0.0346 e. The van der Waals surface area contributed by atoms with Crippen molar-refractivity contribution in [2.45, 2.75) is 27.2 Å². The van der Waals surface area contributed by atoms with Crippen LogP contribution in [0.25, 0.3) is 11.1 Å². The molecule has 0 unspecified atom stereocenters. The minimum Gasteiger partial charge on any atom is -0.264 e. The Morgan fingerprint density at radius 2 is 1.76 bits per heavy atom. The van der Waals surface area contributed by atoms with Gasteiger partial charge < -0.3 is 0 Å². The second-order valence-corrected chi connectivity index (χ2v) is 5.64. The van der Waals surface area contributed by atoms with Crippen LogP contribution < -0.4 is 0 Å². The van der Waals surface area contributed by atoms with E-state index in [9.17, 15) is 0 Å². The fraction of sp³-hybridized carbons (Fsp3) is 0.312. The Morgan fingerprint density at radius 3 is 2.41 bits per heavy atom. The molecule has 2 rings (SSSR count). The Hall–Kier alpha value is -1.63. The van der Waals surface area contributed by atoms with E-state index in [1.54, 1.807) is 0 Å². The molecule has 0 amide bonds. The molecule has 1 heteroatoms. The highest BCUT2D eigenvalue weighted by Gasteiger charge is 2.14. The third-order valence-corrected chi connectivity index (χ3v) is 2.71. The van der Waals surface area contributed by atoms with Crippen LogP contribution in [-0.4, -0.2) is 4.98 Å². The minimum absolute atomic E-state index is 0.304. The van der Waals surface area contributed by atoms with Gasteiger partial charge in [-0.25, -0.2) is 0 Å². The average molecular weight is 225 g/mol. The molecule has 0 N–H and O–H groups in total. The van der Waals surface area contributed by atoms with E-state index in [0.717, 1.165) is 6.42 Å². The van der Waals surface area contributed by atoms with Crippen LogP contribution in [0.15, 0.2) is 48.8 Å². The highest BCUT2D eigenvalue weighted by Crippen LogP contribution is 2.28. The zero-order chi connectivity index (χ0) is 12.3. The minimum atomic E-state index is 0.304. The van der Waals surface area contributed by atoms with Gasteiger partial charge in [-0.1, -0.05) is 51.1 Å². The first-order valence-corrected chi connectivity index (χ1v) is 6.04. The van der Waals surface area contributed by atoms with Gasteiger partial charge in [-0.2, -0.15) is 0 Å². The second kappa shape index (κ2) is 4.70. The third-order valence-electron chi connectivity index (χ3n) is 2.71. The SMILES string of the molecule is CC(C)(C)Cc1ccccc1-c1cccnc1. The third kappa shape index (κ3) is 3.16. The number of hydrogen-bond donors (Lipinski definition) is 0. The lowest BCUT2D eigenvalue weighted by atomic mass is 9.85. The van der Waals surface area contributed by atoms with Gasteiger partial charge in [0.25, 0.3) is 0 Å². The first-order valence-electron chi connectivity index (χ1n) is 6.04. The highest BCUT2D eigenvalue weighted by atomic mass is 14.6. The normalized spacial score (nSPS) is 11.5. The van der Waals surface area contributed by atoms with Crippen molar-refractivity contribution in [2.24, 2.45) is 5.41 Å². The Bertz CT molecular complexity index is 480. The molecule has 2 aromatic rings. The Morgan fingerprint density at radius 1 is 1.00 bits per heavy atom. The topological polar surface area (TPSA) is 12.9 Å². The summed E-state index contributed by atoms with van der Waals surface area (Å²) < 4.78 is 0. The molecule has 0 bridgehead atoms. The molecule has 0 aliphatic carbocycles. The van der Waals surface area contributed by atoms with Crippen molar-refractivity contribution in [2.75, 3.05) is 0 Å². The molecule has 88 valence electrons. The lowest BCUT2D eigenvalue weighted by molar-refractivity contribution is 0.412. The summed E-state index contributed by atoms with van der Waals surface area (Å²) in [7, 11) is 0. The van der Waals surface area contributed by atoms with Gasteiger partial charge in [0, 0.05) is 18.0 Å². The van der Waals surface area contributed by atoms with Crippen molar-refractivity contribution >= 4 is 0 Å². The van der Waals surface area contributed by atoms with Crippen LogP contribution >= 0.6 is 0 Å². The van der Waals surface area contributed by atoms with Gasteiger partial charge >= 0.3 is 0 Å². The first kappa shape index (κ1) is 11.8. The van der Waals surface area contributed by atoms with E-state index in [2.05, 4.69) is 56.1 Å². The van der Waals surface area contributed by atoms with Crippen molar-refractivity contribution in [3.8, 4) is 11.1 Å². The number of nitrogens with zero attached hydrogens (tertiary/aromatic N) is 1. The van der Waals surface area contributed by atoms with Crippen LogP contribution in [0.5, 0.6) is 0 Å². The zero-order valence-electron chi connectivity index (χ0n) is 10.8. The van der Waals surface area contributed by atoms with E-state index in [1.807, 2.05) is 18.5 Å². The van der Waals surface area contributed by atoms with Gasteiger partial charge in [-0.05, 0) is 29.0 Å². The van der Waals surface area contributed by atoms with Gasteiger partial charge in [-0.3, -0.25) is 4.98 Å². The molecule has 0 spiro atoms. The van der Waals surface area contributed by atoms with Gasteiger partial charge in [0.1, 0.15) is 0 Å². The van der Waals surface area contributed by atoms with Gasteiger partial charge in [0.15, 0.2) is 0 Å². The molecule has 17 heavy (non-hydrogen) atoms. The maximum atomic E-state index is 4.20. The van der Waals surface area contributed by atoms with E-state index >= 15 is 0 Å². The number of benzene rings is 1. The van der Waals surface area contributed by atoms with E-state index in [-0.39, 0.29) is 0 Å². The van der Waals surface area contributed by atoms with Crippen LogP contribution in [0.1, 0.15) is 26.3 Å². The summed E-state index contributed by atoms with van der Waals surface area (Å²) in [6.07, 6.45) is 4.83.